The predicted molar refractivity (Wildman–Crippen MR) is 142 cm³/mol. The normalized spacial score (nSPS) is 12.3. The summed E-state index contributed by atoms with van der Waals surface area (Å²) in [6.45, 7) is 3.56. The van der Waals surface area contributed by atoms with E-state index >= 15 is 0 Å². The highest BCUT2D eigenvalue weighted by molar-refractivity contribution is 6.25. The molecule has 0 aromatic heterocycles. The van der Waals surface area contributed by atoms with Crippen LogP contribution in [0.2, 0.25) is 0 Å². The lowest BCUT2D eigenvalue weighted by molar-refractivity contribution is 0.0251. The molecule has 0 spiro atoms. The average Bonchev–Trinajstić information content (AvgIpc) is 2.89. The van der Waals surface area contributed by atoms with Crippen LogP contribution in [0.1, 0.15) is 0 Å². The van der Waals surface area contributed by atoms with Crippen LogP contribution >= 0.6 is 0 Å². The van der Waals surface area contributed by atoms with Gasteiger partial charge in [0.1, 0.15) is 5.75 Å². The van der Waals surface area contributed by atoms with Crippen molar-refractivity contribution in [1.82, 2.24) is 0 Å². The standard InChI is InChI=1S/C31H23NO2/c1-2-29(33)34-26-17-15-25(16-18-26)32(24-9-4-3-5-10-24)28-20-14-23-12-11-21-7-6-8-22-13-19-27(28)31(23)30(21)22/h2-20,29,33H,1H2. The van der Waals surface area contributed by atoms with Gasteiger partial charge in [-0.1, -0.05) is 73.3 Å². The lowest BCUT2D eigenvalue weighted by atomic mass is 9.93. The van der Waals surface area contributed by atoms with Crippen LogP contribution in [0.5, 0.6) is 5.75 Å². The number of aliphatic hydroxyl groups excluding tert-OH is 1. The summed E-state index contributed by atoms with van der Waals surface area (Å²) >= 11 is 0. The maximum Gasteiger partial charge on any atom is 0.216 e. The third kappa shape index (κ3) is 3.35. The summed E-state index contributed by atoms with van der Waals surface area (Å²) in [5, 5.41) is 17.3. The van der Waals surface area contributed by atoms with Gasteiger partial charge in [-0.3, -0.25) is 0 Å². The van der Waals surface area contributed by atoms with Gasteiger partial charge in [-0.2, -0.15) is 0 Å². The fourth-order valence-corrected chi connectivity index (χ4v) is 4.78. The van der Waals surface area contributed by atoms with Crippen LogP contribution in [0.15, 0.2) is 122 Å². The van der Waals surface area contributed by atoms with Crippen molar-refractivity contribution in [1.29, 1.82) is 0 Å². The van der Waals surface area contributed by atoms with Crippen molar-refractivity contribution in [2.45, 2.75) is 6.29 Å². The first-order valence-electron chi connectivity index (χ1n) is 11.3. The van der Waals surface area contributed by atoms with Gasteiger partial charge < -0.3 is 14.7 Å². The lowest BCUT2D eigenvalue weighted by Crippen LogP contribution is -2.12. The van der Waals surface area contributed by atoms with Crippen LogP contribution in [-0.4, -0.2) is 11.4 Å². The number of ether oxygens (including phenoxy) is 1. The molecule has 6 aromatic carbocycles. The highest BCUT2D eigenvalue weighted by Gasteiger charge is 2.18. The molecular weight excluding hydrogens is 418 g/mol. The van der Waals surface area contributed by atoms with Gasteiger partial charge in [-0.25, -0.2) is 0 Å². The van der Waals surface area contributed by atoms with Gasteiger partial charge in [0.15, 0.2) is 0 Å². The Morgan fingerprint density at radius 3 is 1.97 bits per heavy atom. The van der Waals surface area contributed by atoms with Crippen molar-refractivity contribution in [3.63, 3.8) is 0 Å². The highest BCUT2D eigenvalue weighted by atomic mass is 16.6. The van der Waals surface area contributed by atoms with Crippen molar-refractivity contribution in [3.05, 3.63) is 122 Å². The largest absolute Gasteiger partial charge is 0.461 e. The van der Waals surface area contributed by atoms with Crippen molar-refractivity contribution in [3.8, 4) is 5.75 Å². The van der Waals surface area contributed by atoms with Gasteiger partial charge >= 0.3 is 0 Å². The molecule has 3 heteroatoms. The Hall–Kier alpha value is -4.34. The molecule has 1 unspecified atom stereocenters. The summed E-state index contributed by atoms with van der Waals surface area (Å²) in [6, 6.07) is 37.8. The smallest absolute Gasteiger partial charge is 0.216 e. The summed E-state index contributed by atoms with van der Waals surface area (Å²) < 4.78 is 5.48. The second-order valence-electron chi connectivity index (χ2n) is 8.35. The Morgan fingerprint density at radius 2 is 1.26 bits per heavy atom. The molecule has 0 aliphatic carbocycles. The molecule has 0 radical (unpaired) electrons. The molecule has 1 N–H and O–H groups in total. The Labute approximate surface area is 198 Å². The zero-order chi connectivity index (χ0) is 23.1. The van der Waals surface area contributed by atoms with E-state index in [2.05, 4.69) is 90.3 Å². The van der Waals surface area contributed by atoms with Crippen molar-refractivity contribution in [2.75, 3.05) is 4.90 Å². The third-order valence-corrected chi connectivity index (χ3v) is 6.31. The molecule has 0 amide bonds. The molecule has 0 bridgehead atoms. The fraction of sp³-hybridized carbons (Fsp3) is 0.0323. The second kappa shape index (κ2) is 8.22. The maximum atomic E-state index is 9.75. The van der Waals surface area contributed by atoms with Crippen LogP contribution in [0.3, 0.4) is 0 Å². The summed E-state index contributed by atoms with van der Waals surface area (Å²) in [4.78, 5) is 2.26. The van der Waals surface area contributed by atoms with Crippen molar-refractivity contribution >= 4 is 49.4 Å². The molecule has 0 aliphatic rings. The first-order valence-corrected chi connectivity index (χ1v) is 11.3. The molecular formula is C31H23NO2. The Balaban J connectivity index is 1.57. The monoisotopic (exact) mass is 441 g/mol. The van der Waals surface area contributed by atoms with E-state index in [0.717, 1.165) is 17.1 Å². The number of nitrogens with zero attached hydrogens (tertiary/aromatic N) is 1. The number of benzene rings is 6. The molecule has 0 heterocycles. The molecule has 6 aromatic rings. The van der Waals surface area contributed by atoms with Gasteiger partial charge in [-0.05, 0) is 75.5 Å². The molecule has 0 saturated heterocycles. The van der Waals surface area contributed by atoms with Crippen molar-refractivity contribution in [2.24, 2.45) is 0 Å². The number of rotatable bonds is 6. The van der Waals surface area contributed by atoms with Crippen LogP contribution < -0.4 is 9.64 Å². The van der Waals surface area contributed by atoms with E-state index in [0.29, 0.717) is 5.75 Å². The predicted octanol–water partition coefficient (Wildman–Crippen LogP) is 7.94. The zero-order valence-corrected chi connectivity index (χ0v) is 18.6. The number of hydrogen-bond acceptors (Lipinski definition) is 3. The molecule has 6 rings (SSSR count). The van der Waals surface area contributed by atoms with Crippen LogP contribution in [0.25, 0.3) is 32.3 Å². The van der Waals surface area contributed by atoms with Crippen LogP contribution in [0, 0.1) is 0 Å². The lowest BCUT2D eigenvalue weighted by Gasteiger charge is -2.28. The van der Waals surface area contributed by atoms with E-state index in [-0.39, 0.29) is 0 Å². The first kappa shape index (κ1) is 20.3. The third-order valence-electron chi connectivity index (χ3n) is 6.31. The molecule has 3 nitrogen and oxygen atoms in total. The van der Waals surface area contributed by atoms with E-state index in [9.17, 15) is 5.11 Å². The van der Waals surface area contributed by atoms with Crippen LogP contribution in [-0.2, 0) is 0 Å². The van der Waals surface area contributed by atoms with E-state index in [4.69, 9.17) is 4.74 Å². The zero-order valence-electron chi connectivity index (χ0n) is 18.6. The molecule has 164 valence electrons. The minimum atomic E-state index is -1.03. The van der Waals surface area contributed by atoms with Gasteiger partial charge in [0.05, 0.1) is 5.69 Å². The Morgan fingerprint density at radius 1 is 0.647 bits per heavy atom. The molecule has 34 heavy (non-hydrogen) atoms. The van der Waals surface area contributed by atoms with Gasteiger partial charge in [-0.15, -0.1) is 0 Å². The topological polar surface area (TPSA) is 32.7 Å². The van der Waals surface area contributed by atoms with E-state index < -0.39 is 6.29 Å². The minimum absolute atomic E-state index is 0.583. The molecule has 1 atom stereocenters. The minimum Gasteiger partial charge on any atom is -0.461 e. The number of para-hydroxylation sites is 1. The van der Waals surface area contributed by atoms with Gasteiger partial charge in [0, 0.05) is 16.8 Å². The highest BCUT2D eigenvalue weighted by Crippen LogP contribution is 2.43. The first-order chi connectivity index (χ1) is 16.7. The Bertz CT molecular complexity index is 1590. The van der Waals surface area contributed by atoms with Crippen molar-refractivity contribution < 1.29 is 9.84 Å². The van der Waals surface area contributed by atoms with E-state index in [1.807, 2.05) is 30.3 Å². The maximum absolute atomic E-state index is 9.75. The molecule has 0 saturated carbocycles. The summed E-state index contributed by atoms with van der Waals surface area (Å²) in [6.07, 6.45) is 0.322. The van der Waals surface area contributed by atoms with E-state index in [1.165, 1.54) is 38.4 Å². The van der Waals surface area contributed by atoms with Crippen LogP contribution in [0.4, 0.5) is 17.1 Å². The quantitative estimate of drug-likeness (QED) is 0.162. The molecule has 0 fully saturated rings. The summed E-state index contributed by atoms with van der Waals surface area (Å²) in [7, 11) is 0. The summed E-state index contributed by atoms with van der Waals surface area (Å²) in [5.41, 5.74) is 3.18. The second-order valence-corrected chi connectivity index (χ2v) is 8.35. The average molecular weight is 442 g/mol. The number of anilines is 3. The van der Waals surface area contributed by atoms with Gasteiger partial charge in [0.25, 0.3) is 0 Å². The summed E-state index contributed by atoms with van der Waals surface area (Å²) in [5.74, 6) is 0.583. The Kier molecular flexibility index (Phi) is 4.90. The fourth-order valence-electron chi connectivity index (χ4n) is 4.78. The number of aliphatic hydroxyl groups is 1. The SMILES string of the molecule is C=CC(O)Oc1ccc(N(c2ccccc2)c2ccc3ccc4cccc5ccc2c3c45)cc1. The molecule has 0 aliphatic heterocycles. The van der Waals surface area contributed by atoms with Gasteiger partial charge in [0.2, 0.25) is 6.29 Å². The number of hydrogen-bond donors (Lipinski definition) is 1. The van der Waals surface area contributed by atoms with E-state index in [1.54, 1.807) is 0 Å².